The molecule has 0 atom stereocenters. The number of aryl methyl sites for hydroxylation is 1. The Morgan fingerprint density at radius 2 is 1.95 bits per heavy atom. The molecule has 19 heavy (non-hydrogen) atoms. The third-order valence-corrected chi connectivity index (χ3v) is 3.89. The lowest BCUT2D eigenvalue weighted by molar-refractivity contribution is 0.314. The van der Waals surface area contributed by atoms with Crippen molar-refractivity contribution in [3.05, 3.63) is 51.5 Å². The number of rotatable bonds is 6. The summed E-state index contributed by atoms with van der Waals surface area (Å²) >= 11 is 1.71. The summed E-state index contributed by atoms with van der Waals surface area (Å²) in [5.41, 5.74) is 9.53. The monoisotopic (exact) mass is 275 g/mol. The van der Waals surface area contributed by atoms with E-state index in [1.807, 2.05) is 6.92 Å². The second-order valence-corrected chi connectivity index (χ2v) is 5.90. The van der Waals surface area contributed by atoms with Crippen LogP contribution < -0.4 is 5.73 Å². The molecule has 0 spiro atoms. The molecule has 0 aliphatic heterocycles. The van der Waals surface area contributed by atoms with Crippen LogP contribution in [0.25, 0.3) is 0 Å². The molecule has 4 heteroatoms. The fourth-order valence-electron chi connectivity index (χ4n) is 2.22. The number of benzene rings is 1. The maximum atomic E-state index is 5.66. The van der Waals surface area contributed by atoms with Crippen molar-refractivity contribution >= 4 is 11.3 Å². The molecule has 102 valence electrons. The Morgan fingerprint density at radius 3 is 2.58 bits per heavy atom. The van der Waals surface area contributed by atoms with E-state index >= 15 is 0 Å². The lowest BCUT2D eigenvalue weighted by Gasteiger charge is -2.17. The Labute approximate surface area is 119 Å². The second kappa shape index (κ2) is 6.80. The first kappa shape index (κ1) is 14.2. The number of thiazole rings is 1. The van der Waals surface area contributed by atoms with Crippen LogP contribution >= 0.6 is 11.3 Å². The van der Waals surface area contributed by atoms with Crippen LogP contribution in [0.4, 0.5) is 0 Å². The summed E-state index contributed by atoms with van der Waals surface area (Å²) in [6.07, 6.45) is 0.944. The van der Waals surface area contributed by atoms with Crippen LogP contribution in [0, 0.1) is 6.92 Å². The SMILES string of the molecule is Cc1nc(CN(C)Cc2ccccc2CCN)cs1. The maximum absolute atomic E-state index is 5.66. The fourth-order valence-corrected chi connectivity index (χ4v) is 2.82. The van der Waals surface area contributed by atoms with Gasteiger partial charge in [-0.2, -0.15) is 0 Å². The van der Waals surface area contributed by atoms with Crippen LogP contribution in [0.5, 0.6) is 0 Å². The van der Waals surface area contributed by atoms with Gasteiger partial charge in [-0.05, 0) is 38.1 Å². The van der Waals surface area contributed by atoms with Crippen molar-refractivity contribution in [3.8, 4) is 0 Å². The highest BCUT2D eigenvalue weighted by atomic mass is 32.1. The zero-order valence-electron chi connectivity index (χ0n) is 11.6. The maximum Gasteiger partial charge on any atom is 0.0897 e. The van der Waals surface area contributed by atoms with Crippen molar-refractivity contribution in [2.24, 2.45) is 5.73 Å². The van der Waals surface area contributed by atoms with Gasteiger partial charge < -0.3 is 5.73 Å². The Kier molecular flexibility index (Phi) is 5.07. The zero-order valence-corrected chi connectivity index (χ0v) is 12.4. The quantitative estimate of drug-likeness (QED) is 0.881. The van der Waals surface area contributed by atoms with E-state index in [-0.39, 0.29) is 0 Å². The topological polar surface area (TPSA) is 42.2 Å². The van der Waals surface area contributed by atoms with Crippen LogP contribution in [0.3, 0.4) is 0 Å². The molecular weight excluding hydrogens is 254 g/mol. The number of nitrogens with zero attached hydrogens (tertiary/aromatic N) is 2. The Balaban J connectivity index is 2.00. The van der Waals surface area contributed by atoms with Crippen LogP contribution in [0.2, 0.25) is 0 Å². The number of hydrogen-bond donors (Lipinski definition) is 1. The van der Waals surface area contributed by atoms with Crippen molar-refractivity contribution in [2.75, 3.05) is 13.6 Å². The van der Waals surface area contributed by atoms with E-state index in [4.69, 9.17) is 5.73 Å². The molecule has 0 saturated heterocycles. The predicted molar refractivity (Wildman–Crippen MR) is 81.2 cm³/mol. The van der Waals surface area contributed by atoms with E-state index in [2.05, 4.69) is 46.6 Å². The van der Waals surface area contributed by atoms with Gasteiger partial charge in [-0.3, -0.25) is 4.90 Å². The summed E-state index contributed by atoms with van der Waals surface area (Å²) in [5, 5.41) is 3.27. The standard InChI is InChI=1S/C15H21N3S/c1-12-17-15(11-19-12)10-18(2)9-14-6-4-3-5-13(14)7-8-16/h3-6,11H,7-10,16H2,1-2H3. The van der Waals surface area contributed by atoms with Crippen molar-refractivity contribution in [3.63, 3.8) is 0 Å². The van der Waals surface area contributed by atoms with Gasteiger partial charge in [-0.25, -0.2) is 4.98 Å². The largest absolute Gasteiger partial charge is 0.330 e. The van der Waals surface area contributed by atoms with E-state index in [1.165, 1.54) is 11.1 Å². The van der Waals surface area contributed by atoms with Gasteiger partial charge in [0.25, 0.3) is 0 Å². The highest BCUT2D eigenvalue weighted by Crippen LogP contribution is 2.14. The van der Waals surface area contributed by atoms with Crippen LogP contribution in [0.15, 0.2) is 29.6 Å². The summed E-state index contributed by atoms with van der Waals surface area (Å²) in [6, 6.07) is 8.53. The van der Waals surface area contributed by atoms with Crippen LogP contribution in [0.1, 0.15) is 21.8 Å². The molecule has 3 nitrogen and oxygen atoms in total. The normalized spacial score (nSPS) is 11.2. The fraction of sp³-hybridized carbons (Fsp3) is 0.400. The molecule has 0 aliphatic rings. The van der Waals surface area contributed by atoms with E-state index < -0.39 is 0 Å². The van der Waals surface area contributed by atoms with E-state index in [0.29, 0.717) is 6.54 Å². The van der Waals surface area contributed by atoms with Crippen molar-refractivity contribution in [2.45, 2.75) is 26.4 Å². The third-order valence-electron chi connectivity index (χ3n) is 3.07. The molecule has 1 heterocycles. The first-order chi connectivity index (χ1) is 9.19. The van der Waals surface area contributed by atoms with Crippen LogP contribution in [-0.4, -0.2) is 23.5 Å². The molecule has 2 aromatic rings. The Bertz CT molecular complexity index is 522. The molecular formula is C15H21N3S. The number of hydrogen-bond acceptors (Lipinski definition) is 4. The van der Waals surface area contributed by atoms with Crippen LogP contribution in [-0.2, 0) is 19.5 Å². The molecule has 1 aromatic carbocycles. The summed E-state index contributed by atoms with van der Waals surface area (Å²) in [5.74, 6) is 0. The van der Waals surface area contributed by atoms with Gasteiger partial charge in [0.05, 0.1) is 10.7 Å². The van der Waals surface area contributed by atoms with Gasteiger partial charge in [-0.15, -0.1) is 11.3 Å². The smallest absolute Gasteiger partial charge is 0.0897 e. The van der Waals surface area contributed by atoms with Crippen molar-refractivity contribution in [1.29, 1.82) is 0 Å². The van der Waals surface area contributed by atoms with Gasteiger partial charge in [-0.1, -0.05) is 24.3 Å². The highest BCUT2D eigenvalue weighted by molar-refractivity contribution is 7.09. The van der Waals surface area contributed by atoms with Gasteiger partial charge >= 0.3 is 0 Å². The summed E-state index contributed by atoms with van der Waals surface area (Å²) in [7, 11) is 2.13. The average molecular weight is 275 g/mol. The van der Waals surface area contributed by atoms with E-state index in [0.717, 1.165) is 30.2 Å². The van der Waals surface area contributed by atoms with Gasteiger partial charge in [0.15, 0.2) is 0 Å². The zero-order chi connectivity index (χ0) is 13.7. The first-order valence-electron chi connectivity index (χ1n) is 6.55. The van der Waals surface area contributed by atoms with Gasteiger partial charge in [0, 0.05) is 18.5 Å². The molecule has 0 saturated carbocycles. The van der Waals surface area contributed by atoms with Gasteiger partial charge in [0.1, 0.15) is 0 Å². The minimum Gasteiger partial charge on any atom is -0.330 e. The molecule has 1 aromatic heterocycles. The molecule has 0 bridgehead atoms. The lowest BCUT2D eigenvalue weighted by atomic mass is 10.0. The van der Waals surface area contributed by atoms with E-state index in [9.17, 15) is 0 Å². The molecule has 0 fully saturated rings. The molecule has 0 radical (unpaired) electrons. The molecule has 0 unspecified atom stereocenters. The summed E-state index contributed by atoms with van der Waals surface area (Å²) in [6.45, 7) is 4.57. The number of nitrogens with two attached hydrogens (primary N) is 1. The van der Waals surface area contributed by atoms with Gasteiger partial charge in [0.2, 0.25) is 0 Å². The minimum atomic E-state index is 0.700. The van der Waals surface area contributed by atoms with E-state index in [1.54, 1.807) is 11.3 Å². The molecule has 2 N–H and O–H groups in total. The molecule has 0 aliphatic carbocycles. The molecule has 0 amide bonds. The highest BCUT2D eigenvalue weighted by Gasteiger charge is 2.07. The predicted octanol–water partition coefficient (Wildman–Crippen LogP) is 2.58. The average Bonchev–Trinajstić information content (AvgIpc) is 2.77. The second-order valence-electron chi connectivity index (χ2n) is 4.84. The lowest BCUT2D eigenvalue weighted by Crippen LogP contribution is -2.19. The summed E-state index contributed by atoms with van der Waals surface area (Å²) in [4.78, 5) is 6.80. The Morgan fingerprint density at radius 1 is 1.21 bits per heavy atom. The van der Waals surface area contributed by atoms with Crippen molar-refractivity contribution in [1.82, 2.24) is 9.88 Å². The minimum absolute atomic E-state index is 0.700. The van der Waals surface area contributed by atoms with Crippen molar-refractivity contribution < 1.29 is 0 Å². The Hall–Kier alpha value is -1.23. The first-order valence-corrected chi connectivity index (χ1v) is 7.43. The third kappa shape index (κ3) is 4.13. The molecule has 2 rings (SSSR count). The number of aromatic nitrogens is 1. The summed E-state index contributed by atoms with van der Waals surface area (Å²) < 4.78 is 0.